The highest BCUT2D eigenvalue weighted by Crippen LogP contribution is 2.25. The van der Waals surface area contributed by atoms with Crippen LogP contribution in [0.1, 0.15) is 15.9 Å². The normalized spacial score (nSPS) is 9.57. The van der Waals surface area contributed by atoms with Crippen LogP contribution in [-0.4, -0.2) is 20.2 Å². The predicted molar refractivity (Wildman–Crippen MR) is 75.7 cm³/mol. The lowest BCUT2D eigenvalue weighted by molar-refractivity contribution is 0.0731. The summed E-state index contributed by atoms with van der Waals surface area (Å²) >= 11 is 0. The standard InChI is InChI=1S/C16H13NO4/c1-19-13-7-8-15(20-2)14(9-13)16(18)21-12-5-3-11(10-17)4-6-12/h3-9H,1-2H3. The molecule has 5 nitrogen and oxygen atoms in total. The molecule has 0 aliphatic rings. The number of hydrogen-bond acceptors (Lipinski definition) is 5. The monoisotopic (exact) mass is 283 g/mol. The maximum Gasteiger partial charge on any atom is 0.347 e. The van der Waals surface area contributed by atoms with Gasteiger partial charge in [0.25, 0.3) is 0 Å². The molecule has 0 heterocycles. The average molecular weight is 283 g/mol. The van der Waals surface area contributed by atoms with Crippen LogP contribution in [0.2, 0.25) is 0 Å². The molecule has 2 rings (SSSR count). The Bertz CT molecular complexity index is 686. The summed E-state index contributed by atoms with van der Waals surface area (Å²) in [5.74, 6) is 0.719. The van der Waals surface area contributed by atoms with Crippen molar-refractivity contribution in [1.82, 2.24) is 0 Å². The predicted octanol–water partition coefficient (Wildman–Crippen LogP) is 2.79. The van der Waals surface area contributed by atoms with E-state index in [0.29, 0.717) is 22.8 Å². The van der Waals surface area contributed by atoms with Gasteiger partial charge in [-0.15, -0.1) is 0 Å². The molecule has 0 aromatic heterocycles. The Balaban J connectivity index is 2.24. The highest BCUT2D eigenvalue weighted by molar-refractivity contribution is 5.94. The van der Waals surface area contributed by atoms with Gasteiger partial charge in [0.1, 0.15) is 22.8 Å². The highest BCUT2D eigenvalue weighted by atomic mass is 16.5. The molecule has 0 saturated carbocycles. The first kappa shape index (κ1) is 14.4. The number of carbonyl (C=O) groups is 1. The Hall–Kier alpha value is -3.00. The van der Waals surface area contributed by atoms with Crippen LogP contribution in [0.25, 0.3) is 0 Å². The number of rotatable bonds is 4. The first-order valence-corrected chi connectivity index (χ1v) is 6.12. The molecule has 2 aromatic rings. The minimum absolute atomic E-state index is 0.265. The topological polar surface area (TPSA) is 68.6 Å². The maximum atomic E-state index is 12.2. The molecule has 0 aliphatic heterocycles. The third kappa shape index (κ3) is 3.31. The van der Waals surface area contributed by atoms with Crippen molar-refractivity contribution in [1.29, 1.82) is 5.26 Å². The van der Waals surface area contributed by atoms with E-state index in [1.165, 1.54) is 14.2 Å². The second kappa shape index (κ2) is 6.44. The molecule has 106 valence electrons. The molecule has 0 spiro atoms. The third-order valence-corrected chi connectivity index (χ3v) is 2.82. The van der Waals surface area contributed by atoms with Crippen LogP contribution in [-0.2, 0) is 0 Å². The summed E-state index contributed by atoms with van der Waals surface area (Å²) in [7, 11) is 2.98. The first-order valence-electron chi connectivity index (χ1n) is 6.12. The van der Waals surface area contributed by atoms with Crippen molar-refractivity contribution < 1.29 is 19.0 Å². The molecule has 0 amide bonds. The van der Waals surface area contributed by atoms with Gasteiger partial charge in [0.2, 0.25) is 0 Å². The average Bonchev–Trinajstić information content (AvgIpc) is 2.54. The largest absolute Gasteiger partial charge is 0.497 e. The summed E-state index contributed by atoms with van der Waals surface area (Å²) in [4.78, 5) is 12.2. The molecule has 0 aliphatic carbocycles. The number of hydrogen-bond donors (Lipinski definition) is 0. The van der Waals surface area contributed by atoms with Gasteiger partial charge in [-0.1, -0.05) is 0 Å². The third-order valence-electron chi connectivity index (χ3n) is 2.82. The van der Waals surface area contributed by atoms with Crippen LogP contribution in [0, 0.1) is 11.3 Å². The van der Waals surface area contributed by atoms with Crippen molar-refractivity contribution in [2.45, 2.75) is 0 Å². The molecular formula is C16H13NO4. The SMILES string of the molecule is COc1ccc(OC)c(C(=O)Oc2ccc(C#N)cc2)c1. The summed E-state index contributed by atoms with van der Waals surface area (Å²) in [6.07, 6.45) is 0. The van der Waals surface area contributed by atoms with Crippen molar-refractivity contribution in [2.75, 3.05) is 14.2 Å². The minimum atomic E-state index is -0.560. The zero-order valence-corrected chi connectivity index (χ0v) is 11.6. The van der Waals surface area contributed by atoms with E-state index in [2.05, 4.69) is 0 Å². The molecule has 0 unspecified atom stereocenters. The van der Waals surface area contributed by atoms with E-state index in [9.17, 15) is 4.79 Å². The van der Waals surface area contributed by atoms with Crippen LogP contribution < -0.4 is 14.2 Å². The van der Waals surface area contributed by atoms with Crippen LogP contribution in [0.4, 0.5) is 0 Å². The highest BCUT2D eigenvalue weighted by Gasteiger charge is 2.16. The Morgan fingerprint density at radius 1 is 1.00 bits per heavy atom. The van der Waals surface area contributed by atoms with E-state index < -0.39 is 5.97 Å². The van der Waals surface area contributed by atoms with E-state index in [4.69, 9.17) is 19.5 Å². The number of nitrogens with zero attached hydrogens (tertiary/aromatic N) is 1. The fraction of sp³-hybridized carbons (Fsp3) is 0.125. The van der Waals surface area contributed by atoms with Crippen molar-refractivity contribution in [3.8, 4) is 23.3 Å². The maximum absolute atomic E-state index is 12.2. The number of benzene rings is 2. The summed E-state index contributed by atoms with van der Waals surface area (Å²) in [5.41, 5.74) is 0.759. The molecule has 0 fully saturated rings. The zero-order valence-electron chi connectivity index (χ0n) is 11.6. The van der Waals surface area contributed by atoms with E-state index in [1.807, 2.05) is 6.07 Å². The number of carbonyl (C=O) groups excluding carboxylic acids is 1. The van der Waals surface area contributed by atoms with Gasteiger partial charge in [-0.3, -0.25) is 0 Å². The second-order valence-electron chi connectivity index (χ2n) is 4.09. The molecule has 0 radical (unpaired) electrons. The molecular weight excluding hydrogens is 270 g/mol. The van der Waals surface area contributed by atoms with Crippen molar-refractivity contribution in [3.05, 3.63) is 53.6 Å². The Kier molecular flexibility index (Phi) is 4.42. The smallest absolute Gasteiger partial charge is 0.347 e. The fourth-order valence-corrected chi connectivity index (χ4v) is 1.73. The summed E-state index contributed by atoms with van der Waals surface area (Å²) in [5, 5.41) is 8.73. The Morgan fingerprint density at radius 3 is 2.24 bits per heavy atom. The van der Waals surface area contributed by atoms with Crippen LogP contribution >= 0.6 is 0 Å². The van der Waals surface area contributed by atoms with Gasteiger partial charge in [-0.25, -0.2) is 4.79 Å². The van der Waals surface area contributed by atoms with Gasteiger partial charge in [0.05, 0.1) is 25.9 Å². The number of methoxy groups -OCH3 is 2. The molecule has 0 atom stereocenters. The number of ether oxygens (including phenoxy) is 3. The van der Waals surface area contributed by atoms with Gasteiger partial charge < -0.3 is 14.2 Å². The van der Waals surface area contributed by atoms with Crippen LogP contribution in [0.5, 0.6) is 17.2 Å². The second-order valence-corrected chi connectivity index (χ2v) is 4.09. The van der Waals surface area contributed by atoms with Gasteiger partial charge >= 0.3 is 5.97 Å². The first-order chi connectivity index (χ1) is 10.2. The van der Waals surface area contributed by atoms with Gasteiger partial charge in [-0.2, -0.15) is 5.26 Å². The fourth-order valence-electron chi connectivity index (χ4n) is 1.73. The van der Waals surface area contributed by atoms with E-state index in [0.717, 1.165) is 0 Å². The van der Waals surface area contributed by atoms with Gasteiger partial charge in [0, 0.05) is 0 Å². The van der Waals surface area contributed by atoms with E-state index in [-0.39, 0.29) is 5.56 Å². The number of esters is 1. The van der Waals surface area contributed by atoms with Crippen molar-refractivity contribution in [2.24, 2.45) is 0 Å². The summed E-state index contributed by atoms with van der Waals surface area (Å²) in [6.45, 7) is 0. The lowest BCUT2D eigenvalue weighted by Gasteiger charge is -2.10. The molecule has 5 heteroatoms. The van der Waals surface area contributed by atoms with Crippen molar-refractivity contribution >= 4 is 5.97 Å². The molecule has 0 saturated heterocycles. The number of nitriles is 1. The van der Waals surface area contributed by atoms with E-state index >= 15 is 0 Å². The zero-order chi connectivity index (χ0) is 15.2. The molecule has 0 bridgehead atoms. The Morgan fingerprint density at radius 2 is 1.67 bits per heavy atom. The minimum Gasteiger partial charge on any atom is -0.497 e. The van der Waals surface area contributed by atoms with Crippen LogP contribution in [0.15, 0.2) is 42.5 Å². The Labute approximate surface area is 122 Å². The van der Waals surface area contributed by atoms with Gasteiger partial charge in [-0.05, 0) is 42.5 Å². The summed E-state index contributed by atoms with van der Waals surface area (Å²) in [6, 6.07) is 13.1. The van der Waals surface area contributed by atoms with Crippen molar-refractivity contribution in [3.63, 3.8) is 0 Å². The lowest BCUT2D eigenvalue weighted by Crippen LogP contribution is -2.10. The molecule has 0 N–H and O–H groups in total. The summed E-state index contributed by atoms with van der Waals surface area (Å²) < 4.78 is 15.5. The molecule has 2 aromatic carbocycles. The van der Waals surface area contributed by atoms with Crippen LogP contribution in [0.3, 0.4) is 0 Å². The quantitative estimate of drug-likeness (QED) is 0.637. The molecule has 21 heavy (non-hydrogen) atoms. The van der Waals surface area contributed by atoms with Gasteiger partial charge in [0.15, 0.2) is 0 Å². The lowest BCUT2D eigenvalue weighted by atomic mass is 10.2. The van der Waals surface area contributed by atoms with E-state index in [1.54, 1.807) is 42.5 Å².